The molecule has 0 saturated carbocycles. The highest BCUT2D eigenvalue weighted by Crippen LogP contribution is 2.13. The van der Waals surface area contributed by atoms with Crippen molar-refractivity contribution in [3.63, 3.8) is 0 Å². The Morgan fingerprint density at radius 1 is 1.05 bits per heavy atom. The molecular weight excluding hydrogens is 264 g/mol. The van der Waals surface area contributed by atoms with Gasteiger partial charge in [-0.1, -0.05) is 48.5 Å². The molecule has 0 spiro atoms. The molecule has 0 aliphatic rings. The maximum atomic E-state index is 11.8. The average Bonchev–Trinajstić information content (AvgIpc) is 2.95. The third-order valence-electron chi connectivity index (χ3n) is 3.32. The summed E-state index contributed by atoms with van der Waals surface area (Å²) in [6, 6.07) is 17.6. The van der Waals surface area contributed by atoms with Crippen molar-refractivity contribution in [2.45, 2.75) is 19.6 Å². The van der Waals surface area contributed by atoms with Crippen LogP contribution in [0.4, 0.5) is 0 Å². The van der Waals surface area contributed by atoms with Crippen molar-refractivity contribution < 1.29 is 9.53 Å². The highest BCUT2D eigenvalue weighted by atomic mass is 16.5. The van der Waals surface area contributed by atoms with Gasteiger partial charge < -0.3 is 4.74 Å². The number of hydrogen-bond donors (Lipinski definition) is 0. The van der Waals surface area contributed by atoms with E-state index in [1.807, 2.05) is 65.5 Å². The van der Waals surface area contributed by atoms with Crippen LogP contribution in [-0.2, 0) is 22.7 Å². The molecule has 1 aromatic heterocycles. The fourth-order valence-electron chi connectivity index (χ4n) is 2.21. The first-order valence-electron chi connectivity index (χ1n) is 6.93. The smallest absolute Gasteiger partial charge is 0.308 e. The number of aryl methyl sites for hydroxylation is 1. The number of esters is 1. The predicted molar refractivity (Wildman–Crippen MR) is 80.6 cm³/mol. The molecule has 3 rings (SSSR count). The Morgan fingerprint density at radius 3 is 2.67 bits per heavy atom. The standard InChI is InChI=1S/C17H16N2O2/c20-17(21-13-14-6-2-1-3-7-14)10-11-19-16-9-5-4-8-15(16)12-18-19/h1-9,12H,10-11,13H2. The summed E-state index contributed by atoms with van der Waals surface area (Å²) in [5.74, 6) is -0.210. The van der Waals surface area contributed by atoms with Gasteiger partial charge in [-0.2, -0.15) is 5.10 Å². The van der Waals surface area contributed by atoms with Gasteiger partial charge in [-0.3, -0.25) is 9.48 Å². The molecular formula is C17H16N2O2. The first-order valence-corrected chi connectivity index (χ1v) is 6.93. The van der Waals surface area contributed by atoms with E-state index in [2.05, 4.69) is 5.10 Å². The minimum atomic E-state index is -0.210. The molecule has 21 heavy (non-hydrogen) atoms. The van der Waals surface area contributed by atoms with Gasteiger partial charge >= 0.3 is 5.97 Å². The maximum absolute atomic E-state index is 11.8. The minimum absolute atomic E-state index is 0.210. The predicted octanol–water partition coefficient (Wildman–Crippen LogP) is 3.17. The Balaban J connectivity index is 1.54. The van der Waals surface area contributed by atoms with Crippen molar-refractivity contribution in [1.29, 1.82) is 0 Å². The van der Waals surface area contributed by atoms with Crippen molar-refractivity contribution in [1.82, 2.24) is 9.78 Å². The lowest BCUT2D eigenvalue weighted by atomic mass is 10.2. The fourth-order valence-corrected chi connectivity index (χ4v) is 2.21. The third-order valence-corrected chi connectivity index (χ3v) is 3.32. The van der Waals surface area contributed by atoms with E-state index in [0.717, 1.165) is 16.5 Å². The lowest BCUT2D eigenvalue weighted by Gasteiger charge is -2.06. The third kappa shape index (κ3) is 3.28. The van der Waals surface area contributed by atoms with Gasteiger partial charge in [0.05, 0.1) is 24.7 Å². The molecule has 0 N–H and O–H groups in total. The normalized spacial score (nSPS) is 10.7. The van der Waals surface area contributed by atoms with Crippen LogP contribution in [0, 0.1) is 0 Å². The van der Waals surface area contributed by atoms with Gasteiger partial charge in [-0.25, -0.2) is 0 Å². The summed E-state index contributed by atoms with van der Waals surface area (Å²) in [4.78, 5) is 11.8. The summed E-state index contributed by atoms with van der Waals surface area (Å²) in [5.41, 5.74) is 2.03. The number of nitrogens with zero attached hydrogens (tertiary/aromatic N) is 2. The van der Waals surface area contributed by atoms with Gasteiger partial charge in [0.2, 0.25) is 0 Å². The number of fused-ring (bicyclic) bond motifs is 1. The van der Waals surface area contributed by atoms with E-state index in [9.17, 15) is 4.79 Å². The number of carbonyl (C=O) groups excluding carboxylic acids is 1. The second kappa shape index (κ2) is 6.22. The van der Waals surface area contributed by atoms with Crippen LogP contribution in [0.3, 0.4) is 0 Å². The van der Waals surface area contributed by atoms with Crippen LogP contribution >= 0.6 is 0 Å². The zero-order chi connectivity index (χ0) is 14.5. The van der Waals surface area contributed by atoms with Crippen molar-refractivity contribution in [3.8, 4) is 0 Å². The van der Waals surface area contributed by atoms with Gasteiger partial charge in [0.15, 0.2) is 0 Å². The Morgan fingerprint density at radius 2 is 1.81 bits per heavy atom. The van der Waals surface area contributed by atoms with Crippen LogP contribution in [0.1, 0.15) is 12.0 Å². The number of ether oxygens (including phenoxy) is 1. The molecule has 3 aromatic rings. The number of carbonyl (C=O) groups is 1. The monoisotopic (exact) mass is 280 g/mol. The topological polar surface area (TPSA) is 44.1 Å². The summed E-state index contributed by atoms with van der Waals surface area (Å²) < 4.78 is 7.09. The molecule has 0 bridgehead atoms. The summed E-state index contributed by atoms with van der Waals surface area (Å²) >= 11 is 0. The molecule has 0 fully saturated rings. The molecule has 106 valence electrons. The number of para-hydroxylation sites is 1. The first kappa shape index (κ1) is 13.4. The van der Waals surface area contributed by atoms with Crippen LogP contribution in [0.15, 0.2) is 60.8 Å². The molecule has 0 saturated heterocycles. The second-order valence-corrected chi connectivity index (χ2v) is 4.82. The molecule has 4 nitrogen and oxygen atoms in total. The summed E-state index contributed by atoms with van der Waals surface area (Å²) in [5, 5.41) is 5.37. The van der Waals surface area contributed by atoms with E-state index in [1.54, 1.807) is 0 Å². The Kier molecular flexibility index (Phi) is 3.96. The number of hydrogen-bond acceptors (Lipinski definition) is 3. The van der Waals surface area contributed by atoms with Crippen LogP contribution in [0.5, 0.6) is 0 Å². The second-order valence-electron chi connectivity index (χ2n) is 4.82. The zero-order valence-electron chi connectivity index (χ0n) is 11.6. The molecule has 0 atom stereocenters. The van der Waals surface area contributed by atoms with E-state index in [1.165, 1.54) is 0 Å². The minimum Gasteiger partial charge on any atom is -0.461 e. The zero-order valence-corrected chi connectivity index (χ0v) is 11.6. The lowest BCUT2D eigenvalue weighted by Crippen LogP contribution is -2.10. The summed E-state index contributed by atoms with van der Waals surface area (Å²) in [6.07, 6.45) is 2.13. The van der Waals surface area contributed by atoms with Gasteiger partial charge in [0, 0.05) is 5.39 Å². The quantitative estimate of drug-likeness (QED) is 0.674. The number of aromatic nitrogens is 2. The van der Waals surface area contributed by atoms with Crippen molar-refractivity contribution in [3.05, 3.63) is 66.4 Å². The summed E-state index contributed by atoms with van der Waals surface area (Å²) in [7, 11) is 0. The largest absolute Gasteiger partial charge is 0.461 e. The molecule has 0 aliphatic carbocycles. The van der Waals surface area contributed by atoms with E-state index in [0.29, 0.717) is 19.6 Å². The maximum Gasteiger partial charge on any atom is 0.308 e. The first-order chi connectivity index (χ1) is 10.3. The van der Waals surface area contributed by atoms with E-state index < -0.39 is 0 Å². The Hall–Kier alpha value is -2.62. The highest BCUT2D eigenvalue weighted by Gasteiger charge is 2.06. The fraction of sp³-hybridized carbons (Fsp3) is 0.176. The van der Waals surface area contributed by atoms with Crippen LogP contribution in [0.2, 0.25) is 0 Å². The van der Waals surface area contributed by atoms with Crippen molar-refractivity contribution >= 4 is 16.9 Å². The number of rotatable bonds is 5. The molecule has 1 heterocycles. The van der Waals surface area contributed by atoms with Crippen LogP contribution in [0.25, 0.3) is 10.9 Å². The van der Waals surface area contributed by atoms with Crippen molar-refractivity contribution in [2.75, 3.05) is 0 Å². The van der Waals surface area contributed by atoms with E-state index in [4.69, 9.17) is 4.74 Å². The van der Waals surface area contributed by atoms with Crippen LogP contribution in [-0.4, -0.2) is 15.7 Å². The number of benzene rings is 2. The molecule has 0 amide bonds. The van der Waals surface area contributed by atoms with Crippen LogP contribution < -0.4 is 0 Å². The Labute approximate surface area is 123 Å². The molecule has 2 aromatic carbocycles. The molecule has 0 radical (unpaired) electrons. The molecule has 0 aliphatic heterocycles. The van der Waals surface area contributed by atoms with Gasteiger partial charge in [-0.15, -0.1) is 0 Å². The van der Waals surface area contributed by atoms with E-state index in [-0.39, 0.29) is 5.97 Å². The highest BCUT2D eigenvalue weighted by molar-refractivity contribution is 5.78. The van der Waals surface area contributed by atoms with Crippen molar-refractivity contribution in [2.24, 2.45) is 0 Å². The molecule has 4 heteroatoms. The summed E-state index contributed by atoms with van der Waals surface area (Å²) in [6.45, 7) is 0.848. The van der Waals surface area contributed by atoms with Gasteiger partial charge in [0.1, 0.15) is 6.61 Å². The Bertz CT molecular complexity index is 735. The lowest BCUT2D eigenvalue weighted by molar-refractivity contribution is -0.145. The SMILES string of the molecule is O=C(CCn1ncc2ccccc21)OCc1ccccc1. The average molecular weight is 280 g/mol. The van der Waals surface area contributed by atoms with Gasteiger partial charge in [0.25, 0.3) is 0 Å². The van der Waals surface area contributed by atoms with Gasteiger partial charge in [-0.05, 0) is 11.6 Å². The van der Waals surface area contributed by atoms with E-state index >= 15 is 0 Å². The molecule has 0 unspecified atom stereocenters.